The monoisotopic (exact) mass is 585 g/mol. The molecule has 40 heavy (non-hydrogen) atoms. The fourth-order valence-corrected chi connectivity index (χ4v) is 6.74. The summed E-state index contributed by atoms with van der Waals surface area (Å²) in [6.45, 7) is 0.402. The quantitative estimate of drug-likeness (QED) is 0.220. The van der Waals surface area contributed by atoms with E-state index in [1.54, 1.807) is 0 Å². The smallest absolute Gasteiger partial charge is 0.388 e. The second kappa shape index (κ2) is 10.5. The summed E-state index contributed by atoms with van der Waals surface area (Å²) in [6.07, 6.45) is -4.95. The van der Waals surface area contributed by atoms with Gasteiger partial charge >= 0.3 is 6.18 Å². The average Bonchev–Trinajstić information content (AvgIpc) is 3.28. The molecule has 2 unspecified atom stereocenters. The number of carbonyl (C=O) groups is 1. The summed E-state index contributed by atoms with van der Waals surface area (Å²) in [5, 5.41) is 24.1. The highest BCUT2D eigenvalue weighted by Gasteiger charge is 2.51. The average molecular weight is 586 g/mol. The van der Waals surface area contributed by atoms with Gasteiger partial charge in [-0.2, -0.15) is 13.2 Å². The van der Waals surface area contributed by atoms with Crippen molar-refractivity contribution >= 4 is 21.6 Å². The molecule has 2 aromatic rings. The number of benzene rings is 2. The van der Waals surface area contributed by atoms with Crippen molar-refractivity contribution in [3.05, 3.63) is 69.9 Å². The van der Waals surface area contributed by atoms with Crippen LogP contribution in [0.15, 0.2) is 52.5 Å². The van der Waals surface area contributed by atoms with E-state index < -0.39 is 50.7 Å². The molecular formula is C25H27F4N5O5S. The number of likely N-dealkylation sites (tertiary alicyclic amines) is 1. The number of aliphatic hydroxyl groups is 2. The zero-order chi connectivity index (χ0) is 29.5. The van der Waals surface area contributed by atoms with Crippen LogP contribution < -0.4 is 4.31 Å². The zero-order valence-corrected chi connectivity index (χ0v) is 22.2. The van der Waals surface area contributed by atoms with Gasteiger partial charge in [0.1, 0.15) is 5.82 Å². The number of sulfonamides is 1. The largest absolute Gasteiger partial charge is 0.421 e. The molecule has 216 valence electrons. The van der Waals surface area contributed by atoms with E-state index in [9.17, 15) is 41.0 Å². The third-order valence-corrected chi connectivity index (χ3v) is 9.28. The van der Waals surface area contributed by atoms with Crippen molar-refractivity contribution in [2.24, 2.45) is 5.11 Å². The van der Waals surface area contributed by atoms with E-state index in [1.807, 2.05) is 0 Å². The Morgan fingerprint density at radius 3 is 2.52 bits per heavy atom. The Labute approximate surface area is 227 Å². The highest BCUT2D eigenvalue weighted by atomic mass is 32.2. The van der Waals surface area contributed by atoms with Gasteiger partial charge in [-0.1, -0.05) is 17.2 Å². The van der Waals surface area contributed by atoms with E-state index >= 15 is 0 Å². The second-order valence-electron chi connectivity index (χ2n) is 10.2. The molecule has 0 aromatic heterocycles. The van der Waals surface area contributed by atoms with Crippen LogP contribution in [0.5, 0.6) is 0 Å². The number of aryl methyl sites for hydroxylation is 1. The SMILES string of the molecule is CC(O)(c1ccc2c(c1)CC[C@@H](CC(=O)N1CCC(O)(CN=[N+]=[N-])C1)N2S(=O)(=O)c1ccc(F)cc1)C(F)(F)F. The Hall–Kier alpha value is -3.39. The molecule has 1 fully saturated rings. The molecule has 2 heterocycles. The van der Waals surface area contributed by atoms with Gasteiger partial charge < -0.3 is 15.1 Å². The fraction of sp³-hybridized carbons (Fsp3) is 0.480. The van der Waals surface area contributed by atoms with Gasteiger partial charge in [-0.15, -0.1) is 0 Å². The van der Waals surface area contributed by atoms with E-state index in [1.165, 1.54) is 4.90 Å². The maximum atomic E-state index is 13.8. The van der Waals surface area contributed by atoms with Crippen LogP contribution in [0.25, 0.3) is 10.4 Å². The number of azide groups is 1. The fourth-order valence-electron chi connectivity index (χ4n) is 5.03. The molecule has 4 rings (SSSR count). The zero-order valence-electron chi connectivity index (χ0n) is 21.3. The van der Waals surface area contributed by atoms with Gasteiger partial charge in [-0.05, 0) is 73.2 Å². The summed E-state index contributed by atoms with van der Waals surface area (Å²) in [7, 11) is -4.42. The Kier molecular flexibility index (Phi) is 7.80. The second-order valence-corrected chi connectivity index (χ2v) is 12.1. The van der Waals surface area contributed by atoms with Crippen LogP contribution in [0.4, 0.5) is 23.2 Å². The summed E-state index contributed by atoms with van der Waals surface area (Å²) in [5.74, 6) is -1.15. The highest BCUT2D eigenvalue weighted by molar-refractivity contribution is 7.92. The van der Waals surface area contributed by atoms with Crippen molar-refractivity contribution in [3.8, 4) is 0 Å². The number of β-amino-alcohol motifs (C(OH)–C–C–N with tert-alkyl or cyclic N) is 1. The van der Waals surface area contributed by atoms with Crippen molar-refractivity contribution in [3.63, 3.8) is 0 Å². The lowest BCUT2D eigenvalue weighted by atomic mass is 9.89. The predicted octanol–water partition coefficient (Wildman–Crippen LogP) is 3.77. The molecule has 0 radical (unpaired) electrons. The summed E-state index contributed by atoms with van der Waals surface area (Å²) >= 11 is 0. The minimum Gasteiger partial charge on any atom is -0.388 e. The van der Waals surface area contributed by atoms with Gasteiger partial charge in [0.2, 0.25) is 5.91 Å². The normalized spacial score (nSPS) is 22.8. The topological polar surface area (TPSA) is 147 Å². The first kappa shape index (κ1) is 29.6. The number of fused-ring (bicyclic) bond motifs is 1. The first-order valence-corrected chi connectivity index (χ1v) is 13.8. The van der Waals surface area contributed by atoms with Gasteiger partial charge in [0.25, 0.3) is 10.0 Å². The van der Waals surface area contributed by atoms with Crippen molar-refractivity contribution in [2.75, 3.05) is 23.9 Å². The predicted molar refractivity (Wildman–Crippen MR) is 135 cm³/mol. The van der Waals surface area contributed by atoms with E-state index in [4.69, 9.17) is 5.53 Å². The van der Waals surface area contributed by atoms with Crippen LogP contribution in [0.2, 0.25) is 0 Å². The summed E-state index contributed by atoms with van der Waals surface area (Å²) in [5.41, 5.74) is 3.74. The van der Waals surface area contributed by atoms with E-state index in [0.717, 1.165) is 46.8 Å². The molecule has 2 aliphatic heterocycles. The molecule has 0 spiro atoms. The number of nitrogens with zero attached hydrogens (tertiary/aromatic N) is 5. The summed E-state index contributed by atoms with van der Waals surface area (Å²) in [4.78, 5) is 16.9. The van der Waals surface area contributed by atoms with Crippen LogP contribution in [-0.2, 0) is 26.8 Å². The molecule has 10 nitrogen and oxygen atoms in total. The lowest BCUT2D eigenvalue weighted by molar-refractivity contribution is -0.258. The van der Waals surface area contributed by atoms with Gasteiger partial charge in [0.15, 0.2) is 5.60 Å². The van der Waals surface area contributed by atoms with Gasteiger partial charge in [-0.3, -0.25) is 9.10 Å². The first-order valence-electron chi connectivity index (χ1n) is 12.3. The number of hydrogen-bond donors (Lipinski definition) is 2. The number of alkyl halides is 3. The number of amides is 1. The van der Waals surface area contributed by atoms with E-state index in [2.05, 4.69) is 10.0 Å². The Morgan fingerprint density at radius 1 is 1.23 bits per heavy atom. The van der Waals surface area contributed by atoms with Crippen LogP contribution in [0.3, 0.4) is 0 Å². The van der Waals surface area contributed by atoms with Crippen molar-refractivity contribution in [1.82, 2.24) is 4.90 Å². The minimum atomic E-state index is -4.99. The molecule has 2 aromatic carbocycles. The number of carbonyl (C=O) groups excluding carboxylic acids is 1. The van der Waals surface area contributed by atoms with Gasteiger partial charge in [-0.25, -0.2) is 12.8 Å². The molecule has 1 saturated heterocycles. The van der Waals surface area contributed by atoms with Crippen molar-refractivity contribution < 1.29 is 41.0 Å². The number of rotatable bonds is 7. The number of halogens is 4. The molecule has 15 heteroatoms. The lowest BCUT2D eigenvalue weighted by Gasteiger charge is -2.39. The highest BCUT2D eigenvalue weighted by Crippen LogP contribution is 2.43. The molecule has 2 aliphatic rings. The molecular weight excluding hydrogens is 558 g/mol. The minimum absolute atomic E-state index is 0.0383. The van der Waals surface area contributed by atoms with E-state index in [-0.39, 0.29) is 61.5 Å². The lowest BCUT2D eigenvalue weighted by Crippen LogP contribution is -2.47. The number of hydrogen-bond acceptors (Lipinski definition) is 6. The molecule has 2 N–H and O–H groups in total. The maximum Gasteiger partial charge on any atom is 0.421 e. The maximum absolute atomic E-state index is 13.8. The summed E-state index contributed by atoms with van der Waals surface area (Å²) < 4.78 is 82.5. The standard InChI is InChI=1S/C25H27F4N5O5S/c1-23(36,25(27,28)29)17-3-9-21-16(12-17)2-6-19(34(21)40(38,39)20-7-4-18(26)5-8-20)13-22(35)33-11-10-24(37,15-33)14-31-32-30/h3-5,7-9,12,19,36-37H,2,6,10-11,13-15H2,1H3/t19-,23?,24?/m0/s1. The first-order chi connectivity index (χ1) is 18.6. The van der Waals surface area contributed by atoms with Crippen LogP contribution >= 0.6 is 0 Å². The molecule has 0 aliphatic carbocycles. The van der Waals surface area contributed by atoms with Crippen LogP contribution in [0, 0.1) is 5.82 Å². The Bertz CT molecular complexity index is 1440. The molecule has 3 atom stereocenters. The van der Waals surface area contributed by atoms with Crippen LogP contribution in [-0.4, -0.2) is 66.9 Å². The third kappa shape index (κ3) is 5.59. The van der Waals surface area contributed by atoms with Crippen molar-refractivity contribution in [1.29, 1.82) is 0 Å². The molecule has 0 saturated carbocycles. The van der Waals surface area contributed by atoms with E-state index in [0.29, 0.717) is 6.92 Å². The van der Waals surface area contributed by atoms with Gasteiger partial charge in [0, 0.05) is 24.4 Å². The Balaban J connectivity index is 1.70. The third-order valence-electron chi connectivity index (χ3n) is 7.40. The molecule has 1 amide bonds. The number of anilines is 1. The van der Waals surface area contributed by atoms with Crippen molar-refractivity contribution in [2.45, 2.75) is 60.9 Å². The molecule has 0 bridgehead atoms. The van der Waals surface area contributed by atoms with Crippen LogP contribution in [0.1, 0.15) is 37.3 Å². The Morgan fingerprint density at radius 2 is 1.90 bits per heavy atom. The van der Waals surface area contributed by atoms with Gasteiger partial charge in [0.05, 0.1) is 28.8 Å². The summed E-state index contributed by atoms with van der Waals surface area (Å²) in [6, 6.07) is 6.32.